The smallest absolute Gasteiger partial charge is 0.161 e. The number of benzene rings is 1. The highest BCUT2D eigenvalue weighted by Crippen LogP contribution is 2.58. The van der Waals surface area contributed by atoms with Crippen LogP contribution in [0, 0.1) is 5.92 Å². The molecule has 1 saturated carbocycles. The summed E-state index contributed by atoms with van der Waals surface area (Å²) >= 11 is 0. The minimum absolute atomic E-state index is 0.0593. The van der Waals surface area contributed by atoms with Gasteiger partial charge in [0.05, 0.1) is 12.7 Å². The molecule has 4 unspecified atom stereocenters. The van der Waals surface area contributed by atoms with Crippen molar-refractivity contribution in [2.24, 2.45) is 5.92 Å². The van der Waals surface area contributed by atoms with Crippen molar-refractivity contribution in [3.8, 4) is 11.5 Å². The van der Waals surface area contributed by atoms with Gasteiger partial charge in [0.25, 0.3) is 0 Å². The molecule has 1 aromatic carbocycles. The summed E-state index contributed by atoms with van der Waals surface area (Å²) in [5.74, 6) is 1.27. The number of hydrogen-bond acceptors (Lipinski definition) is 4. The lowest BCUT2D eigenvalue weighted by Crippen LogP contribution is -2.69. The van der Waals surface area contributed by atoms with E-state index in [2.05, 4.69) is 38.8 Å². The van der Waals surface area contributed by atoms with Crippen molar-refractivity contribution < 1.29 is 14.9 Å². The van der Waals surface area contributed by atoms with Crippen molar-refractivity contribution in [2.75, 3.05) is 20.7 Å². The standard InChI is InChI=1S/C21H33NO3.C2H6/c1-6-16-7-8-17(25-5)19(23)18(16)20-11-12-22(4)15(3)21(20,24)10-9-14(2)13-20;1-2/h7-8,14-15,23-24H,6,9-13H2,1-5H3;1-2H3. The number of nitrogens with zero attached hydrogens (tertiary/aromatic N) is 1. The van der Waals surface area contributed by atoms with E-state index in [-0.39, 0.29) is 11.8 Å². The van der Waals surface area contributed by atoms with Crippen LogP contribution in [0.4, 0.5) is 0 Å². The third kappa shape index (κ3) is 3.36. The predicted molar refractivity (Wildman–Crippen MR) is 112 cm³/mol. The number of phenols is 1. The third-order valence-electron chi connectivity index (χ3n) is 7.09. The number of aromatic hydroxyl groups is 1. The van der Waals surface area contributed by atoms with Gasteiger partial charge in [-0.15, -0.1) is 0 Å². The molecule has 27 heavy (non-hydrogen) atoms. The zero-order valence-electron chi connectivity index (χ0n) is 18.3. The molecule has 4 nitrogen and oxygen atoms in total. The van der Waals surface area contributed by atoms with Crippen LogP contribution in [0.25, 0.3) is 0 Å². The number of phenolic OH excluding ortho intramolecular Hbond substituents is 1. The van der Waals surface area contributed by atoms with E-state index in [9.17, 15) is 10.2 Å². The molecule has 1 heterocycles. The molecule has 4 heteroatoms. The molecule has 0 amide bonds. The number of hydrogen-bond donors (Lipinski definition) is 2. The highest BCUT2D eigenvalue weighted by Gasteiger charge is 2.61. The number of piperidine rings is 1. The van der Waals surface area contributed by atoms with Crippen LogP contribution in [0.3, 0.4) is 0 Å². The van der Waals surface area contributed by atoms with Crippen LogP contribution in [0.2, 0.25) is 0 Å². The molecule has 1 aromatic rings. The lowest BCUT2D eigenvalue weighted by Gasteiger charge is -2.61. The highest BCUT2D eigenvalue weighted by molar-refractivity contribution is 5.55. The number of likely N-dealkylation sites (N-methyl/N-ethyl adjacent to an activating group) is 1. The second kappa shape index (κ2) is 8.40. The van der Waals surface area contributed by atoms with Gasteiger partial charge in [0, 0.05) is 17.0 Å². The van der Waals surface area contributed by atoms with E-state index in [1.165, 1.54) is 0 Å². The van der Waals surface area contributed by atoms with Crippen LogP contribution >= 0.6 is 0 Å². The van der Waals surface area contributed by atoms with Crippen molar-refractivity contribution in [3.05, 3.63) is 23.3 Å². The topological polar surface area (TPSA) is 52.9 Å². The maximum atomic E-state index is 12.0. The molecule has 0 bridgehead atoms. The Labute approximate surface area is 165 Å². The normalized spacial score (nSPS) is 33.6. The molecular weight excluding hydrogens is 338 g/mol. The van der Waals surface area contributed by atoms with Crippen LogP contribution in [0.1, 0.15) is 71.4 Å². The minimum atomic E-state index is -0.833. The van der Waals surface area contributed by atoms with E-state index >= 15 is 0 Å². The Morgan fingerprint density at radius 2 is 1.89 bits per heavy atom. The fourth-order valence-corrected chi connectivity index (χ4v) is 5.48. The second-order valence-electron chi connectivity index (χ2n) is 8.27. The summed E-state index contributed by atoms with van der Waals surface area (Å²) in [6.07, 6.45) is 4.42. The Balaban J connectivity index is 0.00000126. The molecule has 3 rings (SSSR count). The van der Waals surface area contributed by atoms with Crippen LogP contribution in [0.15, 0.2) is 12.1 Å². The van der Waals surface area contributed by atoms with Gasteiger partial charge in [-0.2, -0.15) is 0 Å². The maximum Gasteiger partial charge on any atom is 0.161 e. The Hall–Kier alpha value is -1.26. The van der Waals surface area contributed by atoms with Gasteiger partial charge >= 0.3 is 0 Å². The number of rotatable bonds is 3. The molecule has 2 fully saturated rings. The zero-order valence-corrected chi connectivity index (χ0v) is 18.3. The number of methoxy groups -OCH3 is 1. The first-order valence-electron chi connectivity index (χ1n) is 10.6. The summed E-state index contributed by atoms with van der Waals surface area (Å²) in [6, 6.07) is 3.97. The molecule has 154 valence electrons. The van der Waals surface area contributed by atoms with E-state index in [4.69, 9.17) is 4.74 Å². The Kier molecular flexibility index (Phi) is 6.86. The van der Waals surface area contributed by atoms with Crippen molar-refractivity contribution in [1.82, 2.24) is 4.90 Å². The molecular formula is C23H39NO3. The maximum absolute atomic E-state index is 12.0. The molecule has 4 atom stereocenters. The zero-order chi connectivity index (χ0) is 20.4. The summed E-state index contributed by atoms with van der Waals surface area (Å²) < 4.78 is 5.42. The fourth-order valence-electron chi connectivity index (χ4n) is 5.48. The monoisotopic (exact) mass is 377 g/mol. The van der Waals surface area contributed by atoms with Crippen molar-refractivity contribution in [2.45, 2.75) is 83.8 Å². The molecule has 1 saturated heterocycles. The summed E-state index contributed by atoms with van der Waals surface area (Å²) in [6.45, 7) is 11.4. The van der Waals surface area contributed by atoms with Crippen LogP contribution in [-0.4, -0.2) is 47.5 Å². The van der Waals surface area contributed by atoms with Gasteiger partial charge in [-0.3, -0.25) is 0 Å². The van der Waals surface area contributed by atoms with Gasteiger partial charge in [-0.1, -0.05) is 33.8 Å². The largest absolute Gasteiger partial charge is 0.504 e. The number of likely N-dealkylation sites (tertiary alicyclic amines) is 1. The summed E-state index contributed by atoms with van der Waals surface area (Å²) in [5, 5.41) is 23.1. The number of aryl methyl sites for hydroxylation is 1. The van der Waals surface area contributed by atoms with Crippen molar-refractivity contribution in [3.63, 3.8) is 0 Å². The number of fused-ring (bicyclic) bond motifs is 1. The molecule has 0 spiro atoms. The van der Waals surface area contributed by atoms with E-state index < -0.39 is 11.0 Å². The Morgan fingerprint density at radius 3 is 2.48 bits per heavy atom. The molecule has 0 radical (unpaired) electrons. The van der Waals surface area contributed by atoms with Gasteiger partial charge in [0.2, 0.25) is 0 Å². The predicted octanol–water partition coefficient (Wildman–Crippen LogP) is 4.50. The lowest BCUT2D eigenvalue weighted by molar-refractivity contribution is -0.157. The lowest BCUT2D eigenvalue weighted by atomic mass is 9.51. The SMILES string of the molecule is CC.CCc1ccc(OC)c(O)c1C12CCN(C)C(C)C1(O)CCC(C)C2. The van der Waals surface area contributed by atoms with E-state index in [0.717, 1.165) is 49.8 Å². The number of aliphatic hydroxyl groups is 1. The minimum Gasteiger partial charge on any atom is -0.504 e. The third-order valence-corrected chi connectivity index (χ3v) is 7.09. The van der Waals surface area contributed by atoms with Gasteiger partial charge in [0.1, 0.15) is 0 Å². The van der Waals surface area contributed by atoms with Crippen molar-refractivity contribution in [1.29, 1.82) is 0 Å². The average molecular weight is 378 g/mol. The first-order valence-corrected chi connectivity index (χ1v) is 10.6. The van der Waals surface area contributed by atoms with E-state index in [0.29, 0.717) is 11.7 Å². The van der Waals surface area contributed by atoms with E-state index in [1.54, 1.807) is 7.11 Å². The summed E-state index contributed by atoms with van der Waals surface area (Å²) in [4.78, 5) is 2.26. The summed E-state index contributed by atoms with van der Waals surface area (Å²) in [7, 11) is 3.69. The van der Waals surface area contributed by atoms with Crippen LogP contribution < -0.4 is 4.74 Å². The molecule has 1 aliphatic heterocycles. The highest BCUT2D eigenvalue weighted by atomic mass is 16.5. The molecule has 0 aromatic heterocycles. The quantitative estimate of drug-likeness (QED) is 0.814. The fraction of sp³-hybridized carbons (Fsp3) is 0.739. The van der Waals surface area contributed by atoms with Gasteiger partial charge < -0.3 is 19.8 Å². The van der Waals surface area contributed by atoms with Crippen molar-refractivity contribution >= 4 is 0 Å². The molecule has 2 aliphatic rings. The Bertz CT molecular complexity index is 647. The molecule has 1 aliphatic carbocycles. The van der Waals surface area contributed by atoms with E-state index in [1.807, 2.05) is 19.9 Å². The van der Waals surface area contributed by atoms with Crippen LogP contribution in [0.5, 0.6) is 11.5 Å². The first kappa shape index (κ1) is 22.0. The number of ether oxygens (including phenoxy) is 1. The second-order valence-corrected chi connectivity index (χ2v) is 8.27. The van der Waals surface area contributed by atoms with Gasteiger partial charge in [0.15, 0.2) is 11.5 Å². The average Bonchev–Trinajstić information content (AvgIpc) is 2.68. The Morgan fingerprint density at radius 1 is 1.22 bits per heavy atom. The van der Waals surface area contributed by atoms with Crippen LogP contribution in [-0.2, 0) is 11.8 Å². The first-order chi connectivity index (χ1) is 12.8. The van der Waals surface area contributed by atoms with Gasteiger partial charge in [-0.05, 0) is 70.2 Å². The van der Waals surface area contributed by atoms with Gasteiger partial charge in [-0.25, -0.2) is 0 Å². The summed E-state index contributed by atoms with van der Waals surface area (Å²) in [5.41, 5.74) is 0.812. The molecule has 2 N–H and O–H groups in total.